The number of hydrogen-bond acceptors (Lipinski definition) is 3. The van der Waals surface area contributed by atoms with E-state index in [1.54, 1.807) is 7.11 Å². The summed E-state index contributed by atoms with van der Waals surface area (Å²) < 4.78 is 12.5. The molecule has 2 rings (SSSR count). The molecule has 20 heavy (non-hydrogen) atoms. The lowest BCUT2D eigenvalue weighted by Gasteiger charge is -2.20. The van der Waals surface area contributed by atoms with Gasteiger partial charge in [0.15, 0.2) is 11.5 Å². The maximum Gasteiger partial charge on any atom is 0.175 e. The van der Waals surface area contributed by atoms with Crippen molar-refractivity contribution in [2.75, 3.05) is 7.11 Å². The summed E-state index contributed by atoms with van der Waals surface area (Å²) in [6, 6.07) is 4.90. The summed E-state index contributed by atoms with van der Waals surface area (Å²) in [4.78, 5) is 0. The summed E-state index contributed by atoms with van der Waals surface area (Å²) in [6.45, 7) is 5.16. The molecule has 4 heteroatoms. The van der Waals surface area contributed by atoms with Gasteiger partial charge in [-0.1, -0.05) is 13.8 Å². The molecule has 1 aliphatic rings. The predicted molar refractivity (Wildman–Crippen MR) is 85.6 cm³/mol. The molecule has 112 valence electrons. The lowest BCUT2D eigenvalue weighted by Crippen LogP contribution is -2.16. The molecule has 0 bridgehead atoms. The third kappa shape index (κ3) is 4.13. The Hall–Kier alpha value is -0.740. The van der Waals surface area contributed by atoms with Gasteiger partial charge in [-0.25, -0.2) is 0 Å². The molecular formula is C16H24BrNO2. The minimum Gasteiger partial charge on any atom is -0.493 e. The van der Waals surface area contributed by atoms with E-state index in [4.69, 9.17) is 9.47 Å². The van der Waals surface area contributed by atoms with E-state index in [1.807, 2.05) is 0 Å². The summed E-state index contributed by atoms with van der Waals surface area (Å²) in [6.07, 6.45) is 4.83. The van der Waals surface area contributed by atoms with E-state index in [-0.39, 0.29) is 6.10 Å². The third-order valence-corrected chi connectivity index (χ3v) is 4.25. The Morgan fingerprint density at radius 3 is 2.55 bits per heavy atom. The van der Waals surface area contributed by atoms with Crippen LogP contribution in [0, 0.1) is 0 Å². The minimum atomic E-state index is 0.232. The van der Waals surface area contributed by atoms with E-state index in [1.165, 1.54) is 18.4 Å². The molecule has 1 aromatic rings. The second kappa shape index (κ2) is 7.32. The molecular weight excluding hydrogens is 318 g/mol. The second-order valence-electron chi connectivity index (χ2n) is 5.32. The lowest BCUT2D eigenvalue weighted by molar-refractivity contribution is 0.183. The predicted octanol–water partition coefficient (Wildman–Crippen LogP) is 4.28. The summed E-state index contributed by atoms with van der Waals surface area (Å²) >= 11 is 3.62. The first-order valence-electron chi connectivity index (χ1n) is 7.44. The number of benzene rings is 1. The molecule has 0 heterocycles. The van der Waals surface area contributed by atoms with Crippen LogP contribution in [0.2, 0.25) is 0 Å². The maximum atomic E-state index is 6.07. The number of methoxy groups -OCH3 is 1. The molecule has 3 nitrogen and oxygen atoms in total. The normalized spacial score (nSPS) is 14.7. The first-order valence-corrected chi connectivity index (χ1v) is 8.23. The van der Waals surface area contributed by atoms with E-state index in [0.717, 1.165) is 35.4 Å². The van der Waals surface area contributed by atoms with Crippen molar-refractivity contribution in [1.82, 2.24) is 5.32 Å². The fraction of sp³-hybridized carbons (Fsp3) is 0.625. The molecule has 0 aliphatic heterocycles. The molecule has 0 amide bonds. The number of rotatable bonds is 8. The van der Waals surface area contributed by atoms with Crippen LogP contribution < -0.4 is 14.8 Å². The molecule has 0 radical (unpaired) electrons. The monoisotopic (exact) mass is 341 g/mol. The van der Waals surface area contributed by atoms with E-state index < -0.39 is 0 Å². The van der Waals surface area contributed by atoms with Crippen molar-refractivity contribution in [3.8, 4) is 11.5 Å². The molecule has 0 spiro atoms. The van der Waals surface area contributed by atoms with Gasteiger partial charge in [0.1, 0.15) is 0 Å². The van der Waals surface area contributed by atoms with Crippen molar-refractivity contribution in [2.24, 2.45) is 0 Å². The van der Waals surface area contributed by atoms with Crippen LogP contribution >= 0.6 is 15.9 Å². The van der Waals surface area contributed by atoms with Gasteiger partial charge in [-0.05, 0) is 59.3 Å². The second-order valence-corrected chi connectivity index (χ2v) is 6.17. The van der Waals surface area contributed by atoms with Gasteiger partial charge in [0.2, 0.25) is 0 Å². The van der Waals surface area contributed by atoms with Crippen molar-refractivity contribution in [3.63, 3.8) is 0 Å². The topological polar surface area (TPSA) is 30.5 Å². The van der Waals surface area contributed by atoms with Gasteiger partial charge in [0.25, 0.3) is 0 Å². The molecule has 1 N–H and O–H groups in total. The Morgan fingerprint density at radius 1 is 1.30 bits per heavy atom. The molecule has 0 saturated heterocycles. The molecule has 1 aromatic carbocycles. The highest BCUT2D eigenvalue weighted by Gasteiger charge is 2.21. The van der Waals surface area contributed by atoms with Crippen LogP contribution in [0.25, 0.3) is 0 Å². The summed E-state index contributed by atoms with van der Waals surface area (Å²) in [5.41, 5.74) is 1.22. The summed E-state index contributed by atoms with van der Waals surface area (Å²) in [5, 5.41) is 3.52. The number of nitrogens with one attached hydrogen (secondary N) is 1. The molecule has 0 aromatic heterocycles. The van der Waals surface area contributed by atoms with E-state index >= 15 is 0 Å². The Labute approximate surface area is 130 Å². The smallest absolute Gasteiger partial charge is 0.175 e. The highest BCUT2D eigenvalue weighted by molar-refractivity contribution is 9.10. The van der Waals surface area contributed by atoms with Crippen LogP contribution in [0.15, 0.2) is 16.6 Å². The Bertz CT molecular complexity index is 442. The fourth-order valence-corrected chi connectivity index (χ4v) is 2.74. The number of ether oxygens (including phenoxy) is 2. The van der Waals surface area contributed by atoms with Crippen molar-refractivity contribution >= 4 is 15.9 Å². The first kappa shape index (κ1) is 15.6. The standard InChI is InChI=1S/C16H24BrNO2/c1-4-13(5-2)20-16-14(17)8-11(9-15(16)19-3)10-18-12-6-7-12/h8-9,12-13,18H,4-7,10H2,1-3H3. The molecule has 1 aliphatic carbocycles. The van der Waals surface area contributed by atoms with Crippen LogP contribution in [0.3, 0.4) is 0 Å². The largest absolute Gasteiger partial charge is 0.493 e. The average Bonchev–Trinajstić information content (AvgIpc) is 3.27. The SMILES string of the molecule is CCC(CC)Oc1c(Br)cc(CNC2CC2)cc1OC. The van der Waals surface area contributed by atoms with E-state index in [2.05, 4.69) is 47.2 Å². The Balaban J connectivity index is 2.13. The highest BCUT2D eigenvalue weighted by atomic mass is 79.9. The molecule has 0 unspecified atom stereocenters. The Kier molecular flexibility index (Phi) is 5.73. The van der Waals surface area contributed by atoms with Crippen LogP contribution in [0.5, 0.6) is 11.5 Å². The van der Waals surface area contributed by atoms with Crippen LogP contribution in [-0.2, 0) is 6.54 Å². The van der Waals surface area contributed by atoms with Gasteiger partial charge >= 0.3 is 0 Å². The Morgan fingerprint density at radius 2 is 2.00 bits per heavy atom. The quantitative estimate of drug-likeness (QED) is 0.765. The van der Waals surface area contributed by atoms with Crippen LogP contribution in [-0.4, -0.2) is 19.3 Å². The summed E-state index contributed by atoms with van der Waals surface area (Å²) in [5.74, 6) is 1.62. The zero-order valence-electron chi connectivity index (χ0n) is 12.5. The van der Waals surface area contributed by atoms with Crippen molar-refractivity contribution in [1.29, 1.82) is 0 Å². The lowest BCUT2D eigenvalue weighted by atomic mass is 10.2. The molecule has 1 saturated carbocycles. The van der Waals surface area contributed by atoms with Crippen LogP contribution in [0.4, 0.5) is 0 Å². The van der Waals surface area contributed by atoms with Crippen LogP contribution in [0.1, 0.15) is 45.1 Å². The third-order valence-electron chi connectivity index (χ3n) is 3.66. The molecule has 0 atom stereocenters. The van der Waals surface area contributed by atoms with E-state index in [9.17, 15) is 0 Å². The molecule has 1 fully saturated rings. The zero-order chi connectivity index (χ0) is 14.5. The van der Waals surface area contributed by atoms with Crippen molar-refractivity contribution in [3.05, 3.63) is 22.2 Å². The minimum absolute atomic E-state index is 0.232. The number of halogens is 1. The highest BCUT2D eigenvalue weighted by Crippen LogP contribution is 2.38. The first-order chi connectivity index (χ1) is 9.67. The van der Waals surface area contributed by atoms with Gasteiger partial charge in [-0.3, -0.25) is 0 Å². The van der Waals surface area contributed by atoms with Gasteiger partial charge < -0.3 is 14.8 Å². The maximum absolute atomic E-state index is 6.07. The van der Waals surface area contributed by atoms with Gasteiger partial charge in [0, 0.05) is 12.6 Å². The van der Waals surface area contributed by atoms with E-state index in [0.29, 0.717) is 6.04 Å². The van der Waals surface area contributed by atoms with Crippen molar-refractivity contribution < 1.29 is 9.47 Å². The fourth-order valence-electron chi connectivity index (χ4n) is 2.16. The average molecular weight is 342 g/mol. The number of hydrogen-bond donors (Lipinski definition) is 1. The van der Waals surface area contributed by atoms with Crippen molar-refractivity contribution in [2.45, 2.75) is 58.2 Å². The zero-order valence-corrected chi connectivity index (χ0v) is 14.1. The van der Waals surface area contributed by atoms with Gasteiger partial charge in [-0.15, -0.1) is 0 Å². The van der Waals surface area contributed by atoms with Gasteiger partial charge in [0.05, 0.1) is 17.7 Å². The van der Waals surface area contributed by atoms with Gasteiger partial charge in [-0.2, -0.15) is 0 Å². The summed E-state index contributed by atoms with van der Waals surface area (Å²) in [7, 11) is 1.69.